The van der Waals surface area contributed by atoms with E-state index in [9.17, 15) is 24.0 Å². The van der Waals surface area contributed by atoms with Gasteiger partial charge in [-0.15, -0.1) is 0 Å². The first-order valence-corrected chi connectivity index (χ1v) is 30.8. The summed E-state index contributed by atoms with van der Waals surface area (Å²) in [7, 11) is 3.07. The number of hydrogen-bond donors (Lipinski definition) is 1. The van der Waals surface area contributed by atoms with Crippen LogP contribution in [0.15, 0.2) is 72.9 Å². The van der Waals surface area contributed by atoms with Gasteiger partial charge in [-0.25, -0.2) is 4.79 Å². The van der Waals surface area contributed by atoms with Crippen LogP contribution in [0.25, 0.3) is 0 Å². The highest BCUT2D eigenvalue weighted by atomic mass is 33.1. The number of ether oxygens (including phenoxy) is 5. The molecule has 14 heteroatoms. The standard InChI is InChI=1S/C60H98N2O10S2/c1-6-10-12-14-16-18-20-22-24-26-28-30-32-34-36-38-55(63)70-51-60(5,52-71-56(64)39-37-35-33-31-29-27-25-23-21-19-17-15-13-11-7-2)58(66)72-54-42-40-53(41-43-54)50-57(65)68-46-48-73-74-49-47-69-59(67)61-44-45-62(8-3)9-4/h16-19,22-25,40-43H,6-15,20-21,26-39,44-52H2,1-5H3,(H,61,67)/b18-16-,19-17-,24-22-,25-23-. The predicted octanol–water partition coefficient (Wildman–Crippen LogP) is 14.8. The highest BCUT2D eigenvalue weighted by molar-refractivity contribution is 8.76. The molecule has 74 heavy (non-hydrogen) atoms. The quantitative estimate of drug-likeness (QED) is 0.0165. The van der Waals surface area contributed by atoms with Crippen LogP contribution >= 0.6 is 21.6 Å². The zero-order valence-electron chi connectivity index (χ0n) is 46.5. The van der Waals surface area contributed by atoms with Crippen LogP contribution in [0.5, 0.6) is 5.75 Å². The van der Waals surface area contributed by atoms with E-state index in [0.717, 1.165) is 110 Å². The lowest BCUT2D eigenvalue weighted by molar-refractivity contribution is -0.164. The lowest BCUT2D eigenvalue weighted by atomic mass is 9.93. The van der Waals surface area contributed by atoms with Crippen molar-refractivity contribution in [3.8, 4) is 5.75 Å². The SMILES string of the molecule is CCCCC/C=C\C/C=C\CCCCCCCC(=O)OCC(C)(COC(=O)CCCCCCC/C=C\C/C=C\CCCCC)C(=O)Oc1ccc(CC(=O)OCCSSCCOC(=O)NCCN(CC)CC)cc1. The average molecular weight is 1070 g/mol. The molecule has 0 unspecified atom stereocenters. The Morgan fingerprint density at radius 3 is 1.46 bits per heavy atom. The molecule has 0 heterocycles. The largest absolute Gasteiger partial charge is 0.465 e. The zero-order chi connectivity index (χ0) is 54.0. The first kappa shape index (κ1) is 68.0. The minimum absolute atomic E-state index is 0.0380. The van der Waals surface area contributed by atoms with Gasteiger partial charge >= 0.3 is 30.0 Å². The van der Waals surface area contributed by atoms with E-state index >= 15 is 0 Å². The summed E-state index contributed by atoms with van der Waals surface area (Å²) < 4.78 is 27.7. The van der Waals surface area contributed by atoms with Crippen LogP contribution in [0, 0.1) is 5.41 Å². The number of nitrogens with zero attached hydrogens (tertiary/aromatic N) is 1. The normalized spacial score (nSPS) is 11.9. The van der Waals surface area contributed by atoms with E-state index in [2.05, 4.69) is 86.5 Å². The summed E-state index contributed by atoms with van der Waals surface area (Å²) >= 11 is 0. The van der Waals surface area contributed by atoms with E-state index in [4.69, 9.17) is 23.7 Å². The average Bonchev–Trinajstić information content (AvgIpc) is 3.39. The van der Waals surface area contributed by atoms with E-state index in [0.29, 0.717) is 36.5 Å². The van der Waals surface area contributed by atoms with E-state index < -0.39 is 29.4 Å². The van der Waals surface area contributed by atoms with Crippen molar-refractivity contribution >= 4 is 51.6 Å². The summed E-state index contributed by atoms with van der Waals surface area (Å²) in [5, 5.41) is 2.76. The highest BCUT2D eigenvalue weighted by Crippen LogP contribution is 2.25. The number of esters is 4. The van der Waals surface area contributed by atoms with Crippen LogP contribution < -0.4 is 10.1 Å². The molecule has 0 aromatic heterocycles. The Kier molecular flexibility index (Phi) is 44.7. The molecular weight excluding hydrogens is 973 g/mol. The number of carbonyl (C=O) groups is 5. The number of benzene rings is 1. The fraction of sp³-hybridized carbons (Fsp3) is 0.683. The second-order valence-electron chi connectivity index (χ2n) is 19.0. The Hall–Kier alpha value is -4.01. The van der Waals surface area contributed by atoms with Gasteiger partial charge in [-0.1, -0.05) is 174 Å². The van der Waals surface area contributed by atoms with Gasteiger partial charge in [0, 0.05) is 37.4 Å². The minimum atomic E-state index is -1.45. The molecular formula is C60H98N2O10S2. The molecule has 0 spiro atoms. The maximum Gasteiger partial charge on any atom is 0.407 e. The molecule has 0 fully saturated rings. The van der Waals surface area contributed by atoms with Crippen molar-refractivity contribution < 1.29 is 47.7 Å². The number of rotatable bonds is 48. The molecule has 0 saturated heterocycles. The number of alkyl carbamates (subject to hydrolysis) is 1. The van der Waals surface area contributed by atoms with E-state index in [1.54, 1.807) is 31.2 Å². The molecule has 1 rings (SSSR count). The number of amides is 1. The van der Waals surface area contributed by atoms with Crippen molar-refractivity contribution in [2.24, 2.45) is 5.41 Å². The second-order valence-corrected chi connectivity index (χ2v) is 21.7. The van der Waals surface area contributed by atoms with Gasteiger partial charge in [0.2, 0.25) is 0 Å². The third-order valence-electron chi connectivity index (χ3n) is 12.2. The molecule has 420 valence electrons. The number of likely N-dealkylation sites (N-methyl/N-ethyl adjacent to an activating group) is 1. The van der Waals surface area contributed by atoms with Gasteiger partial charge in [0.1, 0.15) is 37.6 Å². The van der Waals surface area contributed by atoms with Crippen molar-refractivity contribution in [1.82, 2.24) is 10.2 Å². The zero-order valence-corrected chi connectivity index (χ0v) is 48.2. The van der Waals surface area contributed by atoms with Crippen LogP contribution in [-0.4, -0.2) is 99.0 Å². The van der Waals surface area contributed by atoms with Crippen molar-refractivity contribution in [2.75, 3.05) is 64.1 Å². The number of nitrogens with one attached hydrogen (secondary N) is 1. The molecule has 1 aromatic carbocycles. The molecule has 0 saturated carbocycles. The maximum atomic E-state index is 13.7. The molecule has 12 nitrogen and oxygen atoms in total. The Morgan fingerprint density at radius 2 is 0.986 bits per heavy atom. The number of unbranched alkanes of at least 4 members (excludes halogenated alkanes) is 16. The molecule has 0 aliphatic heterocycles. The van der Waals surface area contributed by atoms with E-state index in [1.807, 2.05) is 0 Å². The number of carbonyl (C=O) groups excluding carboxylic acids is 5. The molecule has 0 radical (unpaired) electrons. The summed E-state index contributed by atoms with van der Waals surface area (Å²) in [5.41, 5.74) is -0.773. The first-order chi connectivity index (χ1) is 36.1. The molecule has 0 atom stereocenters. The van der Waals surface area contributed by atoms with Crippen molar-refractivity contribution in [2.45, 2.75) is 195 Å². The smallest absolute Gasteiger partial charge is 0.407 e. The van der Waals surface area contributed by atoms with Crippen LogP contribution in [-0.2, 0) is 44.5 Å². The second kappa shape index (κ2) is 48.6. The van der Waals surface area contributed by atoms with Crippen molar-refractivity contribution in [3.05, 3.63) is 78.4 Å². The van der Waals surface area contributed by atoms with Crippen molar-refractivity contribution in [1.29, 1.82) is 0 Å². The molecule has 1 amide bonds. The third-order valence-corrected chi connectivity index (χ3v) is 14.6. The molecule has 1 N–H and O–H groups in total. The Morgan fingerprint density at radius 1 is 0.541 bits per heavy atom. The Bertz CT molecular complexity index is 1650. The van der Waals surface area contributed by atoms with Crippen LogP contribution in [0.2, 0.25) is 0 Å². The molecule has 1 aromatic rings. The van der Waals surface area contributed by atoms with Gasteiger partial charge in [-0.05, 0) is 115 Å². The van der Waals surface area contributed by atoms with Gasteiger partial charge in [0.15, 0.2) is 0 Å². The lowest BCUT2D eigenvalue weighted by Gasteiger charge is -2.26. The highest BCUT2D eigenvalue weighted by Gasteiger charge is 2.39. The summed E-state index contributed by atoms with van der Waals surface area (Å²) in [6.07, 6.45) is 41.8. The van der Waals surface area contributed by atoms with Crippen LogP contribution in [0.3, 0.4) is 0 Å². The summed E-state index contributed by atoms with van der Waals surface area (Å²) in [4.78, 5) is 66.2. The monoisotopic (exact) mass is 1070 g/mol. The van der Waals surface area contributed by atoms with Gasteiger partial charge < -0.3 is 33.9 Å². The van der Waals surface area contributed by atoms with Gasteiger partial charge in [0.25, 0.3) is 0 Å². The fourth-order valence-electron chi connectivity index (χ4n) is 7.45. The lowest BCUT2D eigenvalue weighted by Crippen LogP contribution is -2.41. The fourth-order valence-corrected chi connectivity index (χ4v) is 9.10. The van der Waals surface area contributed by atoms with Crippen LogP contribution in [0.4, 0.5) is 4.79 Å². The van der Waals surface area contributed by atoms with E-state index in [1.165, 1.54) is 60.1 Å². The van der Waals surface area contributed by atoms with Crippen molar-refractivity contribution in [3.63, 3.8) is 0 Å². The summed E-state index contributed by atoms with van der Waals surface area (Å²) in [5.74, 6) is -0.475. The molecule has 0 aliphatic rings. The number of allylic oxidation sites excluding steroid dienone is 8. The third kappa shape index (κ3) is 40.3. The van der Waals surface area contributed by atoms with E-state index in [-0.39, 0.29) is 57.4 Å². The van der Waals surface area contributed by atoms with Gasteiger partial charge in [-0.3, -0.25) is 19.2 Å². The minimum Gasteiger partial charge on any atom is -0.465 e. The summed E-state index contributed by atoms with van der Waals surface area (Å²) in [6.45, 7) is 13.3. The summed E-state index contributed by atoms with van der Waals surface area (Å²) in [6, 6.07) is 6.55. The predicted molar refractivity (Wildman–Crippen MR) is 308 cm³/mol. The molecule has 0 aliphatic carbocycles. The topological polar surface area (TPSA) is 147 Å². The van der Waals surface area contributed by atoms with Gasteiger partial charge in [0.05, 0.1) is 6.42 Å². The molecule has 0 bridgehead atoms. The van der Waals surface area contributed by atoms with Crippen LogP contribution in [0.1, 0.15) is 194 Å². The van der Waals surface area contributed by atoms with Gasteiger partial charge in [-0.2, -0.15) is 0 Å². The Labute approximate surface area is 456 Å². The Balaban J connectivity index is 2.57. The number of hydrogen-bond acceptors (Lipinski definition) is 13. The first-order valence-electron chi connectivity index (χ1n) is 28.3. The maximum absolute atomic E-state index is 13.7.